The van der Waals surface area contributed by atoms with Gasteiger partial charge in [-0.15, -0.1) is 0 Å². The molecule has 28 heavy (non-hydrogen) atoms. The number of anilines is 1. The molecule has 1 amide bonds. The van der Waals surface area contributed by atoms with Gasteiger partial charge in [-0.25, -0.2) is 8.42 Å². The molecular formula is C21H28N2O4S. The molecular weight excluding hydrogens is 376 g/mol. The van der Waals surface area contributed by atoms with Crippen LogP contribution in [0.3, 0.4) is 0 Å². The van der Waals surface area contributed by atoms with Gasteiger partial charge in [-0.3, -0.25) is 4.79 Å². The molecule has 0 spiro atoms. The molecule has 152 valence electrons. The van der Waals surface area contributed by atoms with E-state index in [1.165, 1.54) is 31.7 Å². The Morgan fingerprint density at radius 3 is 2.39 bits per heavy atom. The molecule has 0 saturated heterocycles. The second-order valence-corrected chi connectivity index (χ2v) is 8.48. The molecule has 0 aliphatic heterocycles. The van der Waals surface area contributed by atoms with Gasteiger partial charge < -0.3 is 10.1 Å². The first-order valence-electron chi connectivity index (χ1n) is 9.33. The summed E-state index contributed by atoms with van der Waals surface area (Å²) < 4.78 is 32.7. The Kier molecular flexibility index (Phi) is 7.60. The monoisotopic (exact) mass is 404 g/mol. The summed E-state index contributed by atoms with van der Waals surface area (Å²) in [6.45, 7) is 5.42. The molecule has 0 heterocycles. The highest BCUT2D eigenvalue weighted by molar-refractivity contribution is 7.89. The molecule has 2 aromatic carbocycles. The summed E-state index contributed by atoms with van der Waals surface area (Å²) in [4.78, 5) is 12.5. The number of aryl methyl sites for hydroxylation is 2. The number of amides is 1. The maximum atomic E-state index is 12.6. The minimum atomic E-state index is -3.83. The Bertz CT molecular complexity index is 909. The van der Waals surface area contributed by atoms with Crippen LogP contribution in [-0.2, 0) is 21.2 Å². The van der Waals surface area contributed by atoms with Crippen LogP contribution in [-0.4, -0.2) is 27.5 Å². The van der Waals surface area contributed by atoms with Gasteiger partial charge >= 0.3 is 0 Å². The Hall–Kier alpha value is -2.38. The van der Waals surface area contributed by atoms with Crippen LogP contribution in [0, 0.1) is 6.92 Å². The van der Waals surface area contributed by atoms with E-state index in [0.717, 1.165) is 19.3 Å². The minimum Gasteiger partial charge on any atom is -0.496 e. The number of ether oxygens (including phenoxy) is 1. The molecule has 0 saturated carbocycles. The Balaban J connectivity index is 2.01. The highest BCUT2D eigenvalue weighted by Crippen LogP contribution is 2.21. The molecule has 2 N–H and O–H groups in total. The topological polar surface area (TPSA) is 84.5 Å². The predicted molar refractivity (Wildman–Crippen MR) is 111 cm³/mol. The lowest BCUT2D eigenvalue weighted by Gasteiger charge is -2.15. The van der Waals surface area contributed by atoms with Gasteiger partial charge in [0.05, 0.1) is 18.0 Å². The number of hydrogen-bond donors (Lipinski definition) is 2. The van der Waals surface area contributed by atoms with Crippen molar-refractivity contribution in [1.82, 2.24) is 4.72 Å². The van der Waals surface area contributed by atoms with Crippen LogP contribution in [0.4, 0.5) is 5.69 Å². The van der Waals surface area contributed by atoms with Gasteiger partial charge in [-0.1, -0.05) is 25.5 Å². The Morgan fingerprint density at radius 2 is 1.82 bits per heavy atom. The van der Waals surface area contributed by atoms with Crippen molar-refractivity contribution < 1.29 is 17.9 Å². The first kappa shape index (κ1) is 21.9. The van der Waals surface area contributed by atoms with Crippen molar-refractivity contribution in [2.45, 2.75) is 51.0 Å². The quantitative estimate of drug-likeness (QED) is 0.668. The second kappa shape index (κ2) is 9.71. The van der Waals surface area contributed by atoms with Crippen molar-refractivity contribution in [2.24, 2.45) is 0 Å². The number of hydrogen-bond acceptors (Lipinski definition) is 4. The third-order valence-electron chi connectivity index (χ3n) is 4.44. The average Bonchev–Trinajstić information content (AvgIpc) is 2.67. The average molecular weight is 405 g/mol. The highest BCUT2D eigenvalue weighted by atomic mass is 32.2. The van der Waals surface area contributed by atoms with Gasteiger partial charge in [0.15, 0.2) is 0 Å². The summed E-state index contributed by atoms with van der Waals surface area (Å²) >= 11 is 0. The summed E-state index contributed by atoms with van der Waals surface area (Å²) in [6.07, 6.45) is 3.25. The van der Waals surface area contributed by atoms with Gasteiger partial charge in [0.1, 0.15) is 5.75 Å². The number of benzene rings is 2. The van der Waals surface area contributed by atoms with Crippen LogP contribution in [0.1, 0.15) is 37.8 Å². The lowest BCUT2D eigenvalue weighted by molar-refractivity contribution is -0.117. The molecule has 0 fully saturated rings. The van der Waals surface area contributed by atoms with Crippen molar-refractivity contribution in [1.29, 1.82) is 0 Å². The second-order valence-electron chi connectivity index (χ2n) is 6.76. The normalized spacial score (nSPS) is 12.4. The molecule has 6 nitrogen and oxygen atoms in total. The molecule has 0 aromatic heterocycles. The summed E-state index contributed by atoms with van der Waals surface area (Å²) in [5, 5.41) is 2.74. The fourth-order valence-electron chi connectivity index (χ4n) is 2.76. The maximum absolute atomic E-state index is 12.6. The SMILES string of the molecule is CCCCc1ccc(NC(=O)[C@@H](C)NS(=O)(=O)c2ccc(OC)c(C)c2)cc1. The Labute approximate surface area is 167 Å². The molecule has 0 aliphatic carbocycles. The molecule has 7 heteroatoms. The van der Waals surface area contributed by atoms with E-state index in [1.54, 1.807) is 13.0 Å². The number of unbranched alkanes of at least 4 members (excludes halogenated alkanes) is 1. The standard InChI is InChI=1S/C21H28N2O4S/c1-5-6-7-17-8-10-18(11-9-17)22-21(24)16(3)23-28(25,26)19-12-13-20(27-4)15(2)14-19/h8-14,16,23H,5-7H2,1-4H3,(H,22,24)/t16-/m1/s1. The van der Waals surface area contributed by atoms with Crippen LogP contribution in [0.25, 0.3) is 0 Å². The lowest BCUT2D eigenvalue weighted by atomic mass is 10.1. The number of nitrogens with one attached hydrogen (secondary N) is 2. The smallest absolute Gasteiger partial charge is 0.242 e. The largest absolute Gasteiger partial charge is 0.496 e. The van der Waals surface area contributed by atoms with Crippen molar-refractivity contribution >= 4 is 21.6 Å². The predicted octanol–water partition coefficient (Wildman–Crippen LogP) is 3.65. The first-order chi connectivity index (χ1) is 13.3. The molecule has 0 bridgehead atoms. The number of rotatable bonds is 9. The van der Waals surface area contributed by atoms with E-state index in [1.807, 2.05) is 24.3 Å². The fraction of sp³-hybridized carbons (Fsp3) is 0.381. The number of methoxy groups -OCH3 is 1. The van der Waals surface area contributed by atoms with Crippen molar-refractivity contribution in [3.8, 4) is 5.75 Å². The molecule has 2 rings (SSSR count). The van der Waals surface area contributed by atoms with Crippen LogP contribution in [0.15, 0.2) is 47.4 Å². The molecule has 0 aliphatic rings. The van der Waals surface area contributed by atoms with E-state index in [-0.39, 0.29) is 4.90 Å². The van der Waals surface area contributed by atoms with Gasteiger partial charge in [-0.2, -0.15) is 4.72 Å². The molecule has 1 atom stereocenters. The lowest BCUT2D eigenvalue weighted by Crippen LogP contribution is -2.41. The molecule has 0 unspecified atom stereocenters. The van der Waals surface area contributed by atoms with Gasteiger partial charge in [-0.05, 0) is 68.1 Å². The summed E-state index contributed by atoms with van der Waals surface area (Å²) in [5.74, 6) is 0.183. The minimum absolute atomic E-state index is 0.0886. The fourth-order valence-corrected chi connectivity index (χ4v) is 4.05. The molecule has 0 radical (unpaired) electrons. The number of carbonyl (C=O) groups excluding carboxylic acids is 1. The van der Waals surface area contributed by atoms with E-state index >= 15 is 0 Å². The van der Waals surface area contributed by atoms with Crippen LogP contribution >= 0.6 is 0 Å². The van der Waals surface area contributed by atoms with E-state index in [0.29, 0.717) is 17.0 Å². The van der Waals surface area contributed by atoms with Gasteiger partial charge in [0.2, 0.25) is 15.9 Å². The summed E-state index contributed by atoms with van der Waals surface area (Å²) in [6, 6.07) is 11.2. The maximum Gasteiger partial charge on any atom is 0.242 e. The highest BCUT2D eigenvalue weighted by Gasteiger charge is 2.22. The van der Waals surface area contributed by atoms with E-state index in [2.05, 4.69) is 17.0 Å². The first-order valence-corrected chi connectivity index (χ1v) is 10.8. The third kappa shape index (κ3) is 5.81. The van der Waals surface area contributed by atoms with Gasteiger partial charge in [0, 0.05) is 5.69 Å². The Morgan fingerprint density at radius 1 is 1.14 bits per heavy atom. The van der Waals surface area contributed by atoms with Crippen molar-refractivity contribution in [3.05, 3.63) is 53.6 Å². The number of sulfonamides is 1. The van der Waals surface area contributed by atoms with E-state index < -0.39 is 22.0 Å². The zero-order chi connectivity index (χ0) is 20.7. The van der Waals surface area contributed by atoms with E-state index in [4.69, 9.17) is 4.74 Å². The third-order valence-corrected chi connectivity index (χ3v) is 5.98. The van der Waals surface area contributed by atoms with Gasteiger partial charge in [0.25, 0.3) is 0 Å². The summed E-state index contributed by atoms with van der Waals surface area (Å²) in [5.41, 5.74) is 2.55. The van der Waals surface area contributed by atoms with E-state index in [9.17, 15) is 13.2 Å². The van der Waals surface area contributed by atoms with Crippen molar-refractivity contribution in [3.63, 3.8) is 0 Å². The van der Waals surface area contributed by atoms with Crippen LogP contribution in [0.2, 0.25) is 0 Å². The van der Waals surface area contributed by atoms with Crippen molar-refractivity contribution in [2.75, 3.05) is 12.4 Å². The van der Waals surface area contributed by atoms with Crippen LogP contribution < -0.4 is 14.8 Å². The zero-order valence-electron chi connectivity index (χ0n) is 16.8. The summed E-state index contributed by atoms with van der Waals surface area (Å²) in [7, 11) is -2.30. The van der Waals surface area contributed by atoms with Crippen LogP contribution in [0.5, 0.6) is 5.75 Å². The molecule has 2 aromatic rings. The zero-order valence-corrected chi connectivity index (χ0v) is 17.6. The number of carbonyl (C=O) groups is 1.